The van der Waals surface area contributed by atoms with Crippen molar-refractivity contribution in [3.05, 3.63) is 71.8 Å². The number of hydrogen-bond acceptors (Lipinski definition) is 4. The van der Waals surface area contributed by atoms with Crippen LogP contribution in [0.4, 0.5) is 0 Å². The molecule has 0 spiro atoms. The van der Waals surface area contributed by atoms with Crippen LogP contribution in [0, 0.1) is 6.92 Å². The molecule has 2 heterocycles. The van der Waals surface area contributed by atoms with Gasteiger partial charge in [-0.15, -0.1) is 0 Å². The van der Waals surface area contributed by atoms with Crippen LogP contribution < -0.4 is 9.46 Å². The zero-order chi connectivity index (χ0) is 20.6. The number of aromatic nitrogens is 2. The predicted molar refractivity (Wildman–Crippen MR) is 112 cm³/mol. The average Bonchev–Trinajstić information content (AvgIpc) is 3.11. The van der Waals surface area contributed by atoms with Gasteiger partial charge in [0.25, 0.3) is 0 Å². The van der Waals surface area contributed by atoms with Gasteiger partial charge in [-0.2, -0.15) is 0 Å². The van der Waals surface area contributed by atoms with Gasteiger partial charge in [-0.05, 0) is 75.1 Å². The molecule has 152 valence electrons. The van der Waals surface area contributed by atoms with Crippen LogP contribution in [0.25, 0.3) is 5.69 Å². The summed E-state index contributed by atoms with van der Waals surface area (Å²) in [5.41, 5.74) is 2.60. The summed E-state index contributed by atoms with van der Waals surface area (Å²) in [5.74, 6) is 1.67. The molecular formula is C22H25N3O3S. The topological polar surface area (TPSA) is 73.2 Å². The fraction of sp³-hybridized carbons (Fsp3) is 0.318. The molecule has 1 aliphatic heterocycles. The maximum Gasteiger partial charge on any atom is 0.240 e. The summed E-state index contributed by atoms with van der Waals surface area (Å²) in [6.07, 6.45) is 5.32. The van der Waals surface area contributed by atoms with Gasteiger partial charge in [0.1, 0.15) is 17.2 Å². The molecule has 0 amide bonds. The van der Waals surface area contributed by atoms with Crippen LogP contribution in [-0.4, -0.2) is 23.6 Å². The molecule has 7 heteroatoms. The van der Waals surface area contributed by atoms with Crippen molar-refractivity contribution in [3.8, 4) is 11.4 Å². The van der Waals surface area contributed by atoms with E-state index in [1.807, 2.05) is 55.8 Å². The normalized spacial score (nSPS) is 15.6. The Morgan fingerprint density at radius 1 is 1.17 bits per heavy atom. The lowest BCUT2D eigenvalue weighted by Gasteiger charge is -2.32. The summed E-state index contributed by atoms with van der Waals surface area (Å²) < 4.78 is 36.1. The third-order valence-corrected chi connectivity index (χ3v) is 6.63. The molecule has 0 fully saturated rings. The SMILES string of the molecule is Cc1nccn1-c1ccc(CNS(=O)(=O)c2ccc3c(c2)CCC(C)(C)O3)cc1. The third-order valence-electron chi connectivity index (χ3n) is 5.23. The van der Waals surface area contributed by atoms with E-state index >= 15 is 0 Å². The van der Waals surface area contributed by atoms with Crippen molar-refractivity contribution in [2.45, 2.75) is 50.7 Å². The average molecular weight is 412 g/mol. The Labute approximate surface area is 171 Å². The van der Waals surface area contributed by atoms with Crippen LogP contribution in [0.15, 0.2) is 59.8 Å². The van der Waals surface area contributed by atoms with E-state index in [0.29, 0.717) is 0 Å². The molecule has 0 atom stereocenters. The van der Waals surface area contributed by atoms with Crippen LogP contribution in [0.5, 0.6) is 5.75 Å². The maximum absolute atomic E-state index is 12.8. The molecule has 29 heavy (non-hydrogen) atoms. The van der Waals surface area contributed by atoms with E-state index in [2.05, 4.69) is 9.71 Å². The molecule has 1 N–H and O–H groups in total. The number of sulfonamides is 1. The Morgan fingerprint density at radius 2 is 1.93 bits per heavy atom. The zero-order valence-electron chi connectivity index (χ0n) is 16.8. The van der Waals surface area contributed by atoms with Gasteiger partial charge in [0, 0.05) is 24.6 Å². The molecule has 0 unspecified atom stereocenters. The molecule has 1 aromatic heterocycles. The molecule has 2 aromatic carbocycles. The number of rotatable bonds is 5. The second-order valence-corrected chi connectivity index (χ2v) is 9.73. The number of nitrogens with one attached hydrogen (secondary N) is 1. The van der Waals surface area contributed by atoms with Gasteiger partial charge < -0.3 is 9.30 Å². The smallest absolute Gasteiger partial charge is 0.240 e. The molecule has 0 aliphatic carbocycles. The van der Waals surface area contributed by atoms with Crippen LogP contribution in [0.3, 0.4) is 0 Å². The molecule has 4 rings (SSSR count). The first-order valence-corrected chi connectivity index (χ1v) is 11.1. The number of nitrogens with zero attached hydrogens (tertiary/aromatic N) is 2. The molecule has 0 radical (unpaired) electrons. The standard InChI is InChI=1S/C22H25N3O3S/c1-16-23-12-13-25(16)19-6-4-17(5-7-19)15-24-29(26,27)20-8-9-21-18(14-20)10-11-22(2,3)28-21/h4-9,12-14,24H,10-11,15H2,1-3H3. The highest BCUT2D eigenvalue weighted by atomic mass is 32.2. The number of benzene rings is 2. The summed E-state index contributed by atoms with van der Waals surface area (Å²) in [6.45, 7) is 6.25. The van der Waals surface area contributed by atoms with E-state index in [1.165, 1.54) is 0 Å². The van der Waals surface area contributed by atoms with Crippen molar-refractivity contribution in [1.29, 1.82) is 0 Å². The summed E-state index contributed by atoms with van der Waals surface area (Å²) >= 11 is 0. The minimum atomic E-state index is -3.60. The molecular weight excluding hydrogens is 386 g/mol. The molecule has 0 saturated carbocycles. The predicted octanol–water partition coefficient (Wildman–Crippen LogP) is 3.76. The van der Waals surface area contributed by atoms with E-state index < -0.39 is 10.0 Å². The lowest BCUT2D eigenvalue weighted by Crippen LogP contribution is -2.32. The Bertz CT molecular complexity index is 1130. The van der Waals surface area contributed by atoms with E-state index in [9.17, 15) is 8.42 Å². The molecule has 1 aliphatic rings. The first-order valence-electron chi connectivity index (χ1n) is 9.64. The zero-order valence-corrected chi connectivity index (χ0v) is 17.7. The van der Waals surface area contributed by atoms with E-state index in [-0.39, 0.29) is 17.0 Å². The Balaban J connectivity index is 1.46. The van der Waals surface area contributed by atoms with Gasteiger partial charge in [-0.25, -0.2) is 18.1 Å². The van der Waals surface area contributed by atoms with Crippen LogP contribution in [-0.2, 0) is 23.0 Å². The lowest BCUT2D eigenvalue weighted by molar-refractivity contribution is 0.0845. The van der Waals surface area contributed by atoms with Gasteiger partial charge in [0.05, 0.1) is 4.90 Å². The lowest BCUT2D eigenvalue weighted by atomic mass is 9.94. The highest BCUT2D eigenvalue weighted by Crippen LogP contribution is 2.34. The van der Waals surface area contributed by atoms with Gasteiger partial charge in [-0.1, -0.05) is 12.1 Å². The molecule has 0 bridgehead atoms. The Hall–Kier alpha value is -2.64. The van der Waals surface area contributed by atoms with Crippen molar-refractivity contribution >= 4 is 10.0 Å². The number of ether oxygens (including phenoxy) is 1. The van der Waals surface area contributed by atoms with Crippen LogP contribution in [0.1, 0.15) is 37.2 Å². The summed E-state index contributed by atoms with van der Waals surface area (Å²) in [6, 6.07) is 12.8. The van der Waals surface area contributed by atoms with Crippen molar-refractivity contribution < 1.29 is 13.2 Å². The minimum absolute atomic E-state index is 0.215. The van der Waals surface area contributed by atoms with Crippen molar-refractivity contribution in [3.63, 3.8) is 0 Å². The van der Waals surface area contributed by atoms with Gasteiger partial charge in [-0.3, -0.25) is 0 Å². The number of hydrogen-bond donors (Lipinski definition) is 1. The molecule has 6 nitrogen and oxygen atoms in total. The second-order valence-electron chi connectivity index (χ2n) is 7.97. The van der Waals surface area contributed by atoms with E-state index in [1.54, 1.807) is 24.4 Å². The van der Waals surface area contributed by atoms with Gasteiger partial charge in [0.15, 0.2) is 0 Å². The minimum Gasteiger partial charge on any atom is -0.488 e. The first kappa shape index (κ1) is 19.7. The van der Waals surface area contributed by atoms with Crippen molar-refractivity contribution in [2.24, 2.45) is 0 Å². The van der Waals surface area contributed by atoms with E-state index in [0.717, 1.165) is 41.2 Å². The number of imidazole rings is 1. The second kappa shape index (κ2) is 7.31. The summed E-state index contributed by atoms with van der Waals surface area (Å²) in [7, 11) is -3.60. The quantitative estimate of drug-likeness (QED) is 0.694. The molecule has 3 aromatic rings. The number of fused-ring (bicyclic) bond motifs is 1. The Morgan fingerprint density at radius 3 is 2.62 bits per heavy atom. The maximum atomic E-state index is 12.8. The summed E-state index contributed by atoms with van der Waals surface area (Å²) in [5, 5.41) is 0. The highest BCUT2D eigenvalue weighted by Gasteiger charge is 2.27. The van der Waals surface area contributed by atoms with Crippen molar-refractivity contribution in [2.75, 3.05) is 0 Å². The fourth-order valence-electron chi connectivity index (χ4n) is 3.49. The number of aryl methyl sites for hydroxylation is 2. The van der Waals surface area contributed by atoms with E-state index in [4.69, 9.17) is 4.74 Å². The Kier molecular flexibility index (Phi) is 4.96. The largest absolute Gasteiger partial charge is 0.488 e. The van der Waals surface area contributed by atoms with Crippen molar-refractivity contribution in [1.82, 2.24) is 14.3 Å². The van der Waals surface area contributed by atoms with Gasteiger partial charge >= 0.3 is 0 Å². The van der Waals surface area contributed by atoms with Crippen LogP contribution in [0.2, 0.25) is 0 Å². The highest BCUT2D eigenvalue weighted by molar-refractivity contribution is 7.89. The fourth-order valence-corrected chi connectivity index (χ4v) is 4.56. The molecule has 0 saturated heterocycles. The van der Waals surface area contributed by atoms with Gasteiger partial charge in [0.2, 0.25) is 10.0 Å². The summed E-state index contributed by atoms with van der Waals surface area (Å²) in [4.78, 5) is 4.49. The first-order chi connectivity index (χ1) is 13.7. The van der Waals surface area contributed by atoms with Crippen LogP contribution >= 0.6 is 0 Å². The third kappa shape index (κ3) is 4.21. The monoisotopic (exact) mass is 411 g/mol.